The molecule has 0 bridgehead atoms. The molecule has 5 heteroatoms. The second-order valence-corrected chi connectivity index (χ2v) is 3.75. The minimum absolute atomic E-state index is 0. The number of nitrogens with zero attached hydrogens (tertiary/aromatic N) is 1. The summed E-state index contributed by atoms with van der Waals surface area (Å²) in [4.78, 5) is 2.21. The van der Waals surface area contributed by atoms with Crippen LogP contribution in [0.2, 0.25) is 0 Å². The third kappa shape index (κ3) is 10.7. The molecule has 0 saturated heterocycles. The van der Waals surface area contributed by atoms with Crippen LogP contribution >= 0.6 is 44.3 Å². The summed E-state index contributed by atoms with van der Waals surface area (Å²) in [5, 5.41) is 10.3. The molecule has 0 aromatic carbocycles. The van der Waals surface area contributed by atoms with Gasteiger partial charge in [0.1, 0.15) is 6.61 Å². The average Bonchev–Trinajstić information content (AvgIpc) is 2.06. The van der Waals surface area contributed by atoms with Crippen LogP contribution in [0, 0.1) is 11.8 Å². The Balaban J connectivity index is 0. The predicted octanol–water partition coefficient (Wildman–Crippen LogP) is 1.50. The van der Waals surface area contributed by atoms with E-state index in [0.29, 0.717) is 0 Å². The van der Waals surface area contributed by atoms with Gasteiger partial charge in [0.25, 0.3) is 0 Å². The molecule has 0 aliphatic heterocycles. The van der Waals surface area contributed by atoms with Gasteiger partial charge in [0.2, 0.25) is 0 Å². The third-order valence-electron chi connectivity index (χ3n) is 1.31. The zero-order valence-corrected chi connectivity index (χ0v) is 11.3. The number of alkyl halides is 2. The molecule has 0 aliphatic carbocycles. The van der Waals surface area contributed by atoms with Gasteiger partial charge in [-0.25, -0.2) is 0 Å². The van der Waals surface area contributed by atoms with Crippen LogP contribution in [0.25, 0.3) is 0 Å². The minimum atomic E-state index is -0.0452. The van der Waals surface area contributed by atoms with Gasteiger partial charge < -0.3 is 5.11 Å². The second kappa shape index (κ2) is 12.7. The quantitative estimate of drug-likeness (QED) is 0.608. The van der Waals surface area contributed by atoms with E-state index in [0.717, 1.165) is 30.3 Å². The summed E-state index contributed by atoms with van der Waals surface area (Å²) in [5.74, 6) is 5.52. The standard InChI is InChI=1S/C8H13Br2NO.ClH/c9-3-6-11(7-4-10)5-1-2-8-12;/h12H,3-8H2;1H. The van der Waals surface area contributed by atoms with Crippen molar-refractivity contribution >= 4 is 44.3 Å². The van der Waals surface area contributed by atoms with Gasteiger partial charge in [-0.15, -0.1) is 12.4 Å². The first-order valence-electron chi connectivity index (χ1n) is 3.76. The van der Waals surface area contributed by atoms with Gasteiger partial charge in [-0.3, -0.25) is 4.90 Å². The zero-order chi connectivity index (χ0) is 9.23. The lowest BCUT2D eigenvalue weighted by Crippen LogP contribution is -2.28. The first kappa shape index (κ1) is 16.2. The molecule has 0 spiro atoms. The second-order valence-electron chi connectivity index (χ2n) is 2.17. The summed E-state index contributed by atoms with van der Waals surface area (Å²) < 4.78 is 0. The normalized spacial score (nSPS) is 8.92. The predicted molar refractivity (Wildman–Crippen MR) is 66.1 cm³/mol. The van der Waals surface area contributed by atoms with E-state index in [4.69, 9.17) is 5.11 Å². The Kier molecular flexibility index (Phi) is 15.8. The fourth-order valence-electron chi connectivity index (χ4n) is 0.733. The monoisotopic (exact) mass is 333 g/mol. The fraction of sp³-hybridized carbons (Fsp3) is 0.750. The van der Waals surface area contributed by atoms with E-state index in [1.807, 2.05) is 0 Å². The fourth-order valence-corrected chi connectivity index (χ4v) is 1.74. The molecule has 0 rings (SSSR count). The van der Waals surface area contributed by atoms with Crippen molar-refractivity contribution in [1.29, 1.82) is 0 Å². The van der Waals surface area contributed by atoms with E-state index in [-0.39, 0.29) is 19.0 Å². The van der Waals surface area contributed by atoms with Gasteiger partial charge in [0.15, 0.2) is 0 Å². The smallest absolute Gasteiger partial charge is 0.104 e. The van der Waals surface area contributed by atoms with Crippen LogP contribution in [0.5, 0.6) is 0 Å². The van der Waals surface area contributed by atoms with Crippen LogP contribution in [0.3, 0.4) is 0 Å². The summed E-state index contributed by atoms with van der Waals surface area (Å²) in [6.45, 7) is 2.67. The first-order valence-corrected chi connectivity index (χ1v) is 6.00. The van der Waals surface area contributed by atoms with Gasteiger partial charge in [-0.2, -0.15) is 0 Å². The largest absolute Gasteiger partial charge is 0.384 e. The van der Waals surface area contributed by atoms with Crippen LogP contribution in [0.15, 0.2) is 0 Å². The van der Waals surface area contributed by atoms with Crippen molar-refractivity contribution in [2.75, 3.05) is 36.9 Å². The maximum Gasteiger partial charge on any atom is 0.104 e. The Labute approximate surface area is 103 Å². The van der Waals surface area contributed by atoms with Crippen LogP contribution in [0.4, 0.5) is 0 Å². The third-order valence-corrected chi connectivity index (χ3v) is 2.02. The zero-order valence-electron chi connectivity index (χ0n) is 7.30. The first-order chi connectivity index (χ1) is 5.85. The summed E-state index contributed by atoms with van der Waals surface area (Å²) in [6, 6.07) is 0. The highest BCUT2D eigenvalue weighted by Crippen LogP contribution is 1.92. The van der Waals surface area contributed by atoms with Crippen LogP contribution < -0.4 is 0 Å². The number of hydrogen-bond acceptors (Lipinski definition) is 2. The van der Waals surface area contributed by atoms with E-state index in [2.05, 4.69) is 48.6 Å². The highest BCUT2D eigenvalue weighted by molar-refractivity contribution is 9.09. The molecule has 1 N–H and O–H groups in total. The maximum atomic E-state index is 8.43. The highest BCUT2D eigenvalue weighted by atomic mass is 79.9. The van der Waals surface area contributed by atoms with Gasteiger partial charge in [0.05, 0.1) is 6.54 Å². The van der Waals surface area contributed by atoms with Gasteiger partial charge in [0, 0.05) is 23.7 Å². The average molecular weight is 335 g/mol. The lowest BCUT2D eigenvalue weighted by Gasteiger charge is -2.16. The summed E-state index contributed by atoms with van der Waals surface area (Å²) in [7, 11) is 0. The van der Waals surface area contributed by atoms with Crippen molar-refractivity contribution < 1.29 is 5.11 Å². The van der Waals surface area contributed by atoms with Gasteiger partial charge in [-0.05, 0) is 0 Å². The Morgan fingerprint density at radius 1 is 1.08 bits per heavy atom. The van der Waals surface area contributed by atoms with E-state index in [1.165, 1.54) is 0 Å². The minimum Gasteiger partial charge on any atom is -0.384 e. The maximum absolute atomic E-state index is 8.43. The molecule has 0 aromatic heterocycles. The van der Waals surface area contributed by atoms with Crippen molar-refractivity contribution in [3.8, 4) is 11.8 Å². The van der Waals surface area contributed by atoms with Crippen molar-refractivity contribution in [1.82, 2.24) is 4.90 Å². The van der Waals surface area contributed by atoms with Gasteiger partial charge >= 0.3 is 0 Å². The molecular weight excluding hydrogens is 321 g/mol. The number of halogens is 3. The van der Waals surface area contributed by atoms with E-state index in [9.17, 15) is 0 Å². The Bertz CT molecular complexity index is 152. The van der Waals surface area contributed by atoms with E-state index in [1.54, 1.807) is 0 Å². The van der Waals surface area contributed by atoms with E-state index < -0.39 is 0 Å². The molecule has 0 atom stereocenters. The number of aliphatic hydroxyl groups excluding tert-OH is 1. The molecule has 2 nitrogen and oxygen atoms in total. The van der Waals surface area contributed by atoms with Crippen molar-refractivity contribution in [2.24, 2.45) is 0 Å². The van der Waals surface area contributed by atoms with Crippen LogP contribution in [-0.4, -0.2) is 46.9 Å². The molecule has 0 aromatic rings. The SMILES string of the molecule is Cl.OCC#CCN(CCBr)CCBr. The highest BCUT2D eigenvalue weighted by Gasteiger charge is 1.99. The topological polar surface area (TPSA) is 23.5 Å². The van der Waals surface area contributed by atoms with Crippen molar-refractivity contribution in [3.63, 3.8) is 0 Å². The summed E-state index contributed by atoms with van der Waals surface area (Å²) in [5.41, 5.74) is 0. The molecule has 0 radical (unpaired) electrons. The molecule has 0 saturated carbocycles. The Hall–Kier alpha value is 0.730. The number of aliphatic hydroxyl groups is 1. The molecule has 0 amide bonds. The molecule has 78 valence electrons. The Morgan fingerprint density at radius 3 is 2.00 bits per heavy atom. The molecule has 0 heterocycles. The lowest BCUT2D eigenvalue weighted by atomic mass is 10.4. The number of rotatable bonds is 5. The molecular formula is C8H14Br2ClNO. The van der Waals surface area contributed by atoms with Crippen LogP contribution in [0.1, 0.15) is 0 Å². The van der Waals surface area contributed by atoms with Crippen LogP contribution in [-0.2, 0) is 0 Å². The van der Waals surface area contributed by atoms with Gasteiger partial charge in [-0.1, -0.05) is 43.7 Å². The lowest BCUT2D eigenvalue weighted by molar-refractivity contribution is 0.343. The molecule has 13 heavy (non-hydrogen) atoms. The van der Waals surface area contributed by atoms with Crippen molar-refractivity contribution in [2.45, 2.75) is 0 Å². The molecule has 0 fully saturated rings. The summed E-state index contributed by atoms with van der Waals surface area (Å²) >= 11 is 6.75. The summed E-state index contributed by atoms with van der Waals surface area (Å²) in [6.07, 6.45) is 0. The molecule has 0 unspecified atom stereocenters. The van der Waals surface area contributed by atoms with E-state index >= 15 is 0 Å². The Morgan fingerprint density at radius 2 is 1.62 bits per heavy atom. The van der Waals surface area contributed by atoms with Crippen molar-refractivity contribution in [3.05, 3.63) is 0 Å². The molecule has 0 aliphatic rings. The number of hydrogen-bond donors (Lipinski definition) is 1.